The van der Waals surface area contributed by atoms with Crippen molar-refractivity contribution in [3.8, 4) is 11.8 Å². The fourth-order valence-electron chi connectivity index (χ4n) is 4.04. The van der Waals surface area contributed by atoms with Crippen molar-refractivity contribution < 1.29 is 17.9 Å². The Morgan fingerprint density at radius 1 is 1.12 bits per heavy atom. The lowest BCUT2D eigenvalue weighted by Crippen LogP contribution is -2.48. The Labute approximate surface area is 194 Å². The number of nitrogens with zero attached hydrogens (tertiary/aromatic N) is 3. The number of carbonyl (C=O) groups excluding carboxylic acids is 1. The number of amides is 1. The highest BCUT2D eigenvalue weighted by atomic mass is 32.2. The summed E-state index contributed by atoms with van der Waals surface area (Å²) in [6.45, 7) is 2.83. The van der Waals surface area contributed by atoms with Crippen LogP contribution in [0.1, 0.15) is 35.2 Å². The lowest BCUT2D eigenvalue weighted by molar-refractivity contribution is 0.0739. The number of hydrogen-bond acceptors (Lipinski definition) is 6. The van der Waals surface area contributed by atoms with E-state index in [9.17, 15) is 13.2 Å². The first kappa shape index (κ1) is 23.1. The number of nitriles is 1. The third-order valence-electron chi connectivity index (χ3n) is 6.39. The number of benzene rings is 2. The topological polar surface area (TPSA) is 103 Å². The number of nitrogens with one attached hydrogen (secondary N) is 1. The molecule has 0 bridgehead atoms. The summed E-state index contributed by atoms with van der Waals surface area (Å²) >= 11 is 0. The Kier molecular flexibility index (Phi) is 6.86. The minimum atomic E-state index is -3.68. The quantitative estimate of drug-likeness (QED) is 0.670. The number of sulfonamides is 1. The van der Waals surface area contributed by atoms with Gasteiger partial charge in [0.25, 0.3) is 5.91 Å². The van der Waals surface area contributed by atoms with Gasteiger partial charge in [-0.2, -0.15) is 5.26 Å². The van der Waals surface area contributed by atoms with E-state index in [1.165, 1.54) is 25.6 Å². The Morgan fingerprint density at radius 2 is 1.82 bits per heavy atom. The van der Waals surface area contributed by atoms with Crippen molar-refractivity contribution in [1.82, 2.24) is 9.62 Å². The van der Waals surface area contributed by atoms with Crippen LogP contribution in [0.4, 0.5) is 5.69 Å². The van der Waals surface area contributed by atoms with E-state index in [2.05, 4.69) is 15.7 Å². The van der Waals surface area contributed by atoms with Crippen LogP contribution in [0, 0.1) is 17.2 Å². The maximum absolute atomic E-state index is 13.4. The molecule has 174 valence electrons. The second-order valence-electron chi connectivity index (χ2n) is 8.41. The summed E-state index contributed by atoms with van der Waals surface area (Å²) in [4.78, 5) is 17.4. The molecule has 4 rings (SSSR count). The van der Waals surface area contributed by atoms with Gasteiger partial charge >= 0.3 is 0 Å². The van der Waals surface area contributed by atoms with Gasteiger partial charge < -0.3 is 14.5 Å². The van der Waals surface area contributed by atoms with Gasteiger partial charge in [-0.05, 0) is 68.3 Å². The first-order valence-corrected chi connectivity index (χ1v) is 12.6. The molecule has 1 saturated heterocycles. The second kappa shape index (κ2) is 9.81. The van der Waals surface area contributed by atoms with Crippen molar-refractivity contribution in [2.45, 2.75) is 24.2 Å². The van der Waals surface area contributed by atoms with Gasteiger partial charge in [0, 0.05) is 31.9 Å². The molecule has 2 aromatic rings. The van der Waals surface area contributed by atoms with Gasteiger partial charge in [-0.1, -0.05) is 6.42 Å². The zero-order valence-corrected chi connectivity index (χ0v) is 19.5. The minimum absolute atomic E-state index is 0.0422. The molecule has 33 heavy (non-hydrogen) atoms. The summed E-state index contributed by atoms with van der Waals surface area (Å²) in [5.74, 6) is 0.687. The van der Waals surface area contributed by atoms with Crippen LogP contribution >= 0.6 is 0 Å². The summed E-state index contributed by atoms with van der Waals surface area (Å²) < 4.78 is 32.9. The average Bonchev–Trinajstić information content (AvgIpc) is 2.83. The maximum atomic E-state index is 13.4. The summed E-state index contributed by atoms with van der Waals surface area (Å²) in [5.41, 5.74) is 1.89. The van der Waals surface area contributed by atoms with E-state index in [1.54, 1.807) is 23.1 Å². The SMILES string of the molecule is CNS(=O)(=O)c1ccc(OCC2CCC2)c(C(=O)N2CCN(c3ccc(C#N)cc3)CC2)c1. The predicted octanol–water partition coefficient (Wildman–Crippen LogP) is 2.61. The van der Waals surface area contributed by atoms with Gasteiger partial charge in [-0.25, -0.2) is 13.1 Å². The van der Waals surface area contributed by atoms with E-state index in [0.717, 1.165) is 18.5 Å². The van der Waals surface area contributed by atoms with Crippen LogP contribution in [0.3, 0.4) is 0 Å². The van der Waals surface area contributed by atoms with Gasteiger partial charge in [-0.3, -0.25) is 4.79 Å². The number of ether oxygens (including phenoxy) is 1. The lowest BCUT2D eigenvalue weighted by Gasteiger charge is -2.36. The summed E-state index contributed by atoms with van der Waals surface area (Å²) in [7, 11) is -2.34. The first-order valence-electron chi connectivity index (χ1n) is 11.2. The molecule has 0 radical (unpaired) electrons. The molecule has 1 amide bonds. The molecule has 8 nitrogen and oxygen atoms in total. The molecule has 2 fully saturated rings. The molecule has 1 N–H and O–H groups in total. The first-order chi connectivity index (χ1) is 15.9. The number of anilines is 1. The Morgan fingerprint density at radius 3 is 2.39 bits per heavy atom. The molecule has 9 heteroatoms. The highest BCUT2D eigenvalue weighted by molar-refractivity contribution is 7.89. The van der Waals surface area contributed by atoms with Crippen molar-refractivity contribution in [3.05, 3.63) is 53.6 Å². The summed E-state index contributed by atoms with van der Waals surface area (Å²) in [6, 6.07) is 14.0. The monoisotopic (exact) mass is 468 g/mol. The highest BCUT2D eigenvalue weighted by Crippen LogP contribution is 2.30. The molecular formula is C24H28N4O4S. The normalized spacial score (nSPS) is 16.7. The van der Waals surface area contributed by atoms with Gasteiger partial charge in [0.1, 0.15) is 5.75 Å². The third-order valence-corrected chi connectivity index (χ3v) is 7.80. The number of rotatable bonds is 7. The van der Waals surface area contributed by atoms with Crippen molar-refractivity contribution in [2.75, 3.05) is 44.7 Å². The summed E-state index contributed by atoms with van der Waals surface area (Å²) in [5, 5.41) is 8.98. The third kappa shape index (κ3) is 5.13. The van der Waals surface area contributed by atoms with Crippen LogP contribution < -0.4 is 14.4 Å². The van der Waals surface area contributed by atoms with Crippen molar-refractivity contribution in [3.63, 3.8) is 0 Å². The van der Waals surface area contributed by atoms with Crippen LogP contribution in [0.15, 0.2) is 47.4 Å². The second-order valence-corrected chi connectivity index (χ2v) is 10.3. The number of carbonyl (C=O) groups is 1. The lowest BCUT2D eigenvalue weighted by atomic mass is 9.86. The van der Waals surface area contributed by atoms with Crippen molar-refractivity contribution >= 4 is 21.6 Å². The molecule has 0 unspecified atom stereocenters. The minimum Gasteiger partial charge on any atom is -0.492 e. The van der Waals surface area contributed by atoms with Crippen LogP contribution in [0.2, 0.25) is 0 Å². The average molecular weight is 469 g/mol. The number of hydrogen-bond donors (Lipinski definition) is 1. The predicted molar refractivity (Wildman–Crippen MR) is 125 cm³/mol. The standard InChI is InChI=1S/C24H28N4O4S/c1-26-33(30,31)21-9-10-23(32-17-19-3-2-4-19)22(15-21)24(29)28-13-11-27(12-14-28)20-7-5-18(16-25)6-8-20/h5-10,15,19,26H,2-4,11-14,17H2,1H3. The molecule has 1 heterocycles. The Balaban J connectivity index is 1.50. The zero-order valence-electron chi connectivity index (χ0n) is 18.7. The van der Waals surface area contributed by atoms with Gasteiger partial charge in [0.2, 0.25) is 10.0 Å². The van der Waals surface area contributed by atoms with E-state index in [1.807, 2.05) is 12.1 Å². The van der Waals surface area contributed by atoms with E-state index in [0.29, 0.717) is 50.0 Å². The van der Waals surface area contributed by atoms with Gasteiger partial charge in [-0.15, -0.1) is 0 Å². The molecule has 0 aromatic heterocycles. The zero-order chi connectivity index (χ0) is 23.4. The van der Waals surface area contributed by atoms with Crippen LogP contribution in [-0.2, 0) is 10.0 Å². The largest absolute Gasteiger partial charge is 0.492 e. The van der Waals surface area contributed by atoms with Crippen LogP contribution in [-0.4, -0.2) is 59.1 Å². The van der Waals surface area contributed by atoms with Crippen molar-refractivity contribution in [1.29, 1.82) is 5.26 Å². The molecule has 1 aliphatic heterocycles. The van der Waals surface area contributed by atoms with Crippen LogP contribution in [0.25, 0.3) is 0 Å². The van der Waals surface area contributed by atoms with Gasteiger partial charge in [0.05, 0.1) is 28.7 Å². The van der Waals surface area contributed by atoms with E-state index in [-0.39, 0.29) is 16.4 Å². The molecular weight excluding hydrogens is 440 g/mol. The van der Waals surface area contributed by atoms with E-state index in [4.69, 9.17) is 10.00 Å². The molecule has 0 atom stereocenters. The van der Waals surface area contributed by atoms with E-state index >= 15 is 0 Å². The Hall–Kier alpha value is -3.09. The van der Waals surface area contributed by atoms with E-state index < -0.39 is 10.0 Å². The highest BCUT2D eigenvalue weighted by Gasteiger charge is 2.27. The fourth-order valence-corrected chi connectivity index (χ4v) is 4.79. The van der Waals surface area contributed by atoms with Crippen molar-refractivity contribution in [2.24, 2.45) is 5.92 Å². The molecule has 1 saturated carbocycles. The summed E-state index contributed by atoms with van der Waals surface area (Å²) in [6.07, 6.45) is 3.43. The molecule has 0 spiro atoms. The maximum Gasteiger partial charge on any atom is 0.257 e. The molecule has 1 aliphatic carbocycles. The number of piperazine rings is 1. The smallest absolute Gasteiger partial charge is 0.257 e. The van der Waals surface area contributed by atoms with Crippen LogP contribution in [0.5, 0.6) is 5.75 Å². The molecule has 2 aromatic carbocycles. The fraction of sp³-hybridized carbons (Fsp3) is 0.417. The Bertz CT molecular complexity index is 1150. The molecule has 2 aliphatic rings. The van der Waals surface area contributed by atoms with Gasteiger partial charge in [0.15, 0.2) is 0 Å².